The number of aromatic carboxylic acids is 1. The van der Waals surface area contributed by atoms with Crippen LogP contribution >= 0.6 is 0 Å². The number of rotatable bonds is 5. The number of aromatic nitrogens is 1. The van der Waals surface area contributed by atoms with Gasteiger partial charge in [0.15, 0.2) is 0 Å². The molecule has 1 fully saturated rings. The summed E-state index contributed by atoms with van der Waals surface area (Å²) in [4.78, 5) is 15.8. The summed E-state index contributed by atoms with van der Waals surface area (Å²) < 4.78 is 27.8. The van der Waals surface area contributed by atoms with Gasteiger partial charge >= 0.3 is 5.97 Å². The van der Waals surface area contributed by atoms with Crippen molar-refractivity contribution < 1.29 is 18.3 Å². The van der Waals surface area contributed by atoms with Crippen molar-refractivity contribution in [2.24, 2.45) is 0 Å². The van der Waals surface area contributed by atoms with Crippen molar-refractivity contribution >= 4 is 26.9 Å². The molecule has 26 heavy (non-hydrogen) atoms. The van der Waals surface area contributed by atoms with E-state index in [0.717, 1.165) is 29.3 Å². The highest BCUT2D eigenvalue weighted by molar-refractivity contribution is 7.89. The molecule has 0 saturated heterocycles. The molecule has 0 amide bonds. The molecule has 0 radical (unpaired) electrons. The summed E-state index contributed by atoms with van der Waals surface area (Å²) in [6, 6.07) is 13.3. The Bertz CT molecular complexity index is 1120. The van der Waals surface area contributed by atoms with Gasteiger partial charge in [-0.2, -0.15) is 0 Å². The summed E-state index contributed by atoms with van der Waals surface area (Å²) in [6.07, 6.45) is 3.29. The van der Waals surface area contributed by atoms with E-state index in [2.05, 4.69) is 9.71 Å². The standard InChI is InChI=1S/C19H16N2O4S/c22-19(23)13-9-12(10-15(11-13)26(24,25)21-14-6-7-14)16-3-1-5-18-17(16)4-2-8-20-18/h1-5,8-11,14,21H,6-7H2,(H,22,23). The fourth-order valence-electron chi connectivity index (χ4n) is 2.88. The summed E-state index contributed by atoms with van der Waals surface area (Å²) in [5, 5.41) is 10.3. The Morgan fingerprint density at radius 1 is 1.12 bits per heavy atom. The van der Waals surface area contributed by atoms with Gasteiger partial charge in [0, 0.05) is 17.6 Å². The quantitative estimate of drug-likeness (QED) is 0.721. The van der Waals surface area contributed by atoms with E-state index in [9.17, 15) is 18.3 Å². The van der Waals surface area contributed by atoms with Crippen molar-refractivity contribution in [2.45, 2.75) is 23.8 Å². The van der Waals surface area contributed by atoms with Crippen LogP contribution < -0.4 is 4.72 Å². The number of sulfonamides is 1. The van der Waals surface area contributed by atoms with Crippen LogP contribution in [0, 0.1) is 0 Å². The lowest BCUT2D eigenvalue weighted by Crippen LogP contribution is -2.26. The van der Waals surface area contributed by atoms with Crippen LogP contribution in [0.1, 0.15) is 23.2 Å². The van der Waals surface area contributed by atoms with Crippen molar-refractivity contribution in [3.8, 4) is 11.1 Å². The summed E-state index contributed by atoms with van der Waals surface area (Å²) in [6.45, 7) is 0. The molecule has 0 bridgehead atoms. The maximum absolute atomic E-state index is 12.6. The molecule has 7 heteroatoms. The highest BCUT2D eigenvalue weighted by atomic mass is 32.2. The van der Waals surface area contributed by atoms with E-state index in [0.29, 0.717) is 5.56 Å². The monoisotopic (exact) mass is 368 g/mol. The number of carboxylic acid groups (broad SMARTS) is 1. The Balaban J connectivity index is 1.92. The van der Waals surface area contributed by atoms with Gasteiger partial charge in [0.25, 0.3) is 0 Å². The number of nitrogens with one attached hydrogen (secondary N) is 1. The second-order valence-corrected chi connectivity index (χ2v) is 8.04. The van der Waals surface area contributed by atoms with Gasteiger partial charge in [-0.1, -0.05) is 18.2 Å². The van der Waals surface area contributed by atoms with Crippen LogP contribution in [0.2, 0.25) is 0 Å². The molecule has 1 saturated carbocycles. The molecule has 0 spiro atoms. The van der Waals surface area contributed by atoms with Crippen LogP contribution in [0.3, 0.4) is 0 Å². The zero-order valence-corrected chi connectivity index (χ0v) is 14.5. The van der Waals surface area contributed by atoms with Crippen molar-refractivity contribution in [1.29, 1.82) is 0 Å². The Hall–Kier alpha value is -2.77. The molecule has 0 unspecified atom stereocenters. The lowest BCUT2D eigenvalue weighted by Gasteiger charge is -2.11. The highest BCUT2D eigenvalue weighted by Crippen LogP contribution is 2.31. The van der Waals surface area contributed by atoms with Gasteiger partial charge < -0.3 is 5.11 Å². The van der Waals surface area contributed by atoms with Gasteiger partial charge in [-0.3, -0.25) is 4.98 Å². The van der Waals surface area contributed by atoms with Crippen molar-refractivity contribution in [2.75, 3.05) is 0 Å². The SMILES string of the molecule is O=C(O)c1cc(-c2cccc3ncccc23)cc(S(=O)(=O)NC2CC2)c1. The molecule has 1 aliphatic carbocycles. The maximum Gasteiger partial charge on any atom is 0.335 e. The van der Waals surface area contributed by atoms with Gasteiger partial charge in [0.05, 0.1) is 16.0 Å². The van der Waals surface area contributed by atoms with Gasteiger partial charge in [-0.25, -0.2) is 17.9 Å². The average Bonchev–Trinajstić information content (AvgIpc) is 3.44. The van der Waals surface area contributed by atoms with Crippen LogP contribution in [-0.4, -0.2) is 30.5 Å². The molecular weight excluding hydrogens is 352 g/mol. The minimum Gasteiger partial charge on any atom is -0.478 e. The van der Waals surface area contributed by atoms with E-state index in [1.165, 1.54) is 18.2 Å². The number of nitrogens with zero attached hydrogens (tertiary/aromatic N) is 1. The Labute approximate surface area is 150 Å². The molecule has 2 N–H and O–H groups in total. The normalized spacial score (nSPS) is 14.5. The van der Waals surface area contributed by atoms with Crippen molar-refractivity contribution in [3.05, 3.63) is 60.3 Å². The minimum atomic E-state index is -3.77. The summed E-state index contributed by atoms with van der Waals surface area (Å²) in [5.41, 5.74) is 1.95. The number of benzene rings is 2. The van der Waals surface area contributed by atoms with Gasteiger partial charge in [-0.15, -0.1) is 0 Å². The first-order valence-electron chi connectivity index (χ1n) is 8.19. The number of carbonyl (C=O) groups is 1. The second-order valence-electron chi connectivity index (χ2n) is 6.32. The van der Waals surface area contributed by atoms with Crippen molar-refractivity contribution in [3.63, 3.8) is 0 Å². The molecule has 1 aromatic heterocycles. The van der Waals surface area contributed by atoms with E-state index in [1.807, 2.05) is 24.3 Å². The lowest BCUT2D eigenvalue weighted by atomic mass is 9.99. The molecule has 0 aliphatic heterocycles. The first-order chi connectivity index (χ1) is 12.4. The van der Waals surface area contributed by atoms with Crippen molar-refractivity contribution in [1.82, 2.24) is 9.71 Å². The predicted octanol–water partition coefficient (Wildman–Crippen LogP) is 3.04. The first kappa shape index (κ1) is 16.7. The smallest absolute Gasteiger partial charge is 0.335 e. The second kappa shape index (κ2) is 6.19. The molecule has 1 aliphatic rings. The number of hydrogen-bond acceptors (Lipinski definition) is 4. The molecular formula is C19H16N2O4S. The third kappa shape index (κ3) is 3.18. The van der Waals surface area contributed by atoms with Gasteiger partial charge in [0.1, 0.15) is 0 Å². The minimum absolute atomic E-state index is 0.0415. The number of carboxylic acids is 1. The van der Waals surface area contributed by atoms with E-state index < -0.39 is 16.0 Å². The van der Waals surface area contributed by atoms with Crippen LogP contribution in [0.4, 0.5) is 0 Å². The zero-order chi connectivity index (χ0) is 18.3. The fourth-order valence-corrected chi connectivity index (χ4v) is 4.25. The van der Waals surface area contributed by atoms with E-state index in [4.69, 9.17) is 0 Å². The summed E-state index contributed by atoms with van der Waals surface area (Å²) in [7, 11) is -3.77. The molecule has 2 aromatic carbocycles. The molecule has 6 nitrogen and oxygen atoms in total. The third-order valence-corrected chi connectivity index (χ3v) is 5.82. The topological polar surface area (TPSA) is 96.4 Å². The Morgan fingerprint density at radius 2 is 1.92 bits per heavy atom. The molecule has 3 aromatic rings. The molecule has 4 rings (SSSR count). The van der Waals surface area contributed by atoms with Crippen LogP contribution in [0.15, 0.2) is 59.6 Å². The maximum atomic E-state index is 12.6. The summed E-state index contributed by atoms with van der Waals surface area (Å²) in [5.74, 6) is -1.17. The zero-order valence-electron chi connectivity index (χ0n) is 13.7. The van der Waals surface area contributed by atoms with Gasteiger partial charge in [-0.05, 0) is 54.3 Å². The number of fused-ring (bicyclic) bond motifs is 1. The first-order valence-corrected chi connectivity index (χ1v) is 9.67. The van der Waals surface area contributed by atoms with Gasteiger partial charge in [0.2, 0.25) is 10.0 Å². The summed E-state index contributed by atoms with van der Waals surface area (Å²) >= 11 is 0. The predicted molar refractivity (Wildman–Crippen MR) is 97.5 cm³/mol. The van der Waals surface area contributed by atoms with E-state index >= 15 is 0 Å². The van der Waals surface area contributed by atoms with Crippen LogP contribution in [-0.2, 0) is 10.0 Å². The van der Waals surface area contributed by atoms with E-state index in [-0.39, 0.29) is 16.5 Å². The lowest BCUT2D eigenvalue weighted by molar-refractivity contribution is 0.0696. The number of pyridine rings is 1. The number of hydrogen-bond donors (Lipinski definition) is 2. The fraction of sp³-hybridized carbons (Fsp3) is 0.158. The average molecular weight is 368 g/mol. The largest absolute Gasteiger partial charge is 0.478 e. The Morgan fingerprint density at radius 3 is 2.65 bits per heavy atom. The third-order valence-electron chi connectivity index (χ3n) is 4.32. The van der Waals surface area contributed by atoms with Crippen LogP contribution in [0.25, 0.3) is 22.0 Å². The highest BCUT2D eigenvalue weighted by Gasteiger charge is 2.29. The molecule has 1 heterocycles. The van der Waals surface area contributed by atoms with Crippen LogP contribution in [0.5, 0.6) is 0 Å². The van der Waals surface area contributed by atoms with E-state index in [1.54, 1.807) is 12.3 Å². The molecule has 132 valence electrons. The Kier molecular flexibility index (Phi) is 3.97. The molecule has 0 atom stereocenters.